The Hall–Kier alpha value is -1.70. The molecule has 1 N–H and O–H groups in total. The van der Waals surface area contributed by atoms with Crippen molar-refractivity contribution in [2.75, 3.05) is 0 Å². The van der Waals surface area contributed by atoms with Crippen LogP contribution in [0.1, 0.15) is 23.3 Å². The maximum atomic E-state index is 14.0. The van der Waals surface area contributed by atoms with Gasteiger partial charge in [-0.25, -0.2) is 4.39 Å². The highest BCUT2D eigenvalue weighted by atomic mass is 32.1. The lowest BCUT2D eigenvalue weighted by molar-refractivity contribution is 0.587. The zero-order valence-electron chi connectivity index (χ0n) is 10.3. The lowest BCUT2D eigenvalue weighted by atomic mass is 10.1. The van der Waals surface area contributed by atoms with E-state index in [0.717, 1.165) is 10.4 Å². The molecular weight excluding hydrogens is 259 g/mol. The van der Waals surface area contributed by atoms with Crippen LogP contribution in [0.3, 0.4) is 0 Å². The van der Waals surface area contributed by atoms with E-state index in [-0.39, 0.29) is 5.82 Å². The van der Waals surface area contributed by atoms with Gasteiger partial charge in [-0.15, -0.1) is 11.3 Å². The molecule has 3 rings (SSSR count). The zero-order chi connectivity index (χ0) is 13.2. The summed E-state index contributed by atoms with van der Waals surface area (Å²) in [7, 11) is 0. The van der Waals surface area contributed by atoms with Crippen molar-refractivity contribution < 1.29 is 4.39 Å². The van der Waals surface area contributed by atoms with Crippen LogP contribution in [-0.4, -0.2) is 6.04 Å². The fourth-order valence-electron chi connectivity index (χ4n) is 1.94. The minimum atomic E-state index is -0.183. The van der Waals surface area contributed by atoms with Crippen molar-refractivity contribution in [2.45, 2.75) is 25.4 Å². The number of rotatable bonds is 4. The molecule has 0 spiro atoms. The fourth-order valence-corrected chi connectivity index (χ4v) is 2.74. The van der Waals surface area contributed by atoms with Gasteiger partial charge in [-0.3, -0.25) is 0 Å². The van der Waals surface area contributed by atoms with Gasteiger partial charge in [0, 0.05) is 23.0 Å². The molecule has 2 nitrogen and oxygen atoms in total. The Morgan fingerprint density at radius 3 is 2.79 bits per heavy atom. The number of thiophene rings is 1. The molecule has 1 heterocycles. The van der Waals surface area contributed by atoms with Gasteiger partial charge < -0.3 is 5.32 Å². The van der Waals surface area contributed by atoms with Crippen LogP contribution in [0, 0.1) is 17.1 Å². The molecule has 2 aromatic rings. The van der Waals surface area contributed by atoms with Gasteiger partial charge >= 0.3 is 0 Å². The van der Waals surface area contributed by atoms with E-state index in [1.165, 1.54) is 24.2 Å². The number of nitrogens with zero attached hydrogens (tertiary/aromatic N) is 1. The monoisotopic (exact) mass is 272 g/mol. The number of hydrogen-bond donors (Lipinski definition) is 1. The van der Waals surface area contributed by atoms with Crippen molar-refractivity contribution in [1.82, 2.24) is 5.32 Å². The Balaban J connectivity index is 1.79. The topological polar surface area (TPSA) is 35.8 Å². The SMILES string of the molecule is N#Cc1ccc(-c2ccc(CNC3CC3)c(F)c2)s1. The first-order valence-corrected chi connectivity index (χ1v) is 7.10. The normalized spacial score (nSPS) is 14.3. The van der Waals surface area contributed by atoms with E-state index < -0.39 is 0 Å². The third-order valence-electron chi connectivity index (χ3n) is 3.21. The molecular formula is C15H13FN2S. The Labute approximate surface area is 115 Å². The first-order valence-electron chi connectivity index (χ1n) is 6.28. The van der Waals surface area contributed by atoms with E-state index in [2.05, 4.69) is 11.4 Å². The van der Waals surface area contributed by atoms with Crippen molar-refractivity contribution in [3.05, 3.63) is 46.6 Å². The van der Waals surface area contributed by atoms with Crippen LogP contribution in [-0.2, 0) is 6.54 Å². The summed E-state index contributed by atoms with van der Waals surface area (Å²) >= 11 is 1.39. The minimum absolute atomic E-state index is 0.183. The van der Waals surface area contributed by atoms with Crippen LogP contribution >= 0.6 is 11.3 Å². The van der Waals surface area contributed by atoms with E-state index in [9.17, 15) is 4.39 Å². The summed E-state index contributed by atoms with van der Waals surface area (Å²) in [5.74, 6) is -0.183. The van der Waals surface area contributed by atoms with Gasteiger partial charge in [0.1, 0.15) is 16.8 Å². The third kappa shape index (κ3) is 2.83. The molecule has 19 heavy (non-hydrogen) atoms. The molecule has 0 amide bonds. The number of nitrogens with one attached hydrogen (secondary N) is 1. The highest BCUT2D eigenvalue weighted by Crippen LogP contribution is 2.29. The lowest BCUT2D eigenvalue weighted by Crippen LogP contribution is -2.16. The maximum Gasteiger partial charge on any atom is 0.128 e. The van der Waals surface area contributed by atoms with Crippen LogP contribution < -0.4 is 5.32 Å². The second-order valence-electron chi connectivity index (χ2n) is 4.74. The summed E-state index contributed by atoms with van der Waals surface area (Å²) in [6.07, 6.45) is 2.40. The molecule has 0 bridgehead atoms. The van der Waals surface area contributed by atoms with E-state index in [0.29, 0.717) is 23.0 Å². The molecule has 0 aliphatic heterocycles. The maximum absolute atomic E-state index is 14.0. The van der Waals surface area contributed by atoms with Crippen molar-refractivity contribution in [1.29, 1.82) is 5.26 Å². The number of benzene rings is 1. The molecule has 0 atom stereocenters. The van der Waals surface area contributed by atoms with Crippen LogP contribution in [0.4, 0.5) is 4.39 Å². The summed E-state index contributed by atoms with van der Waals surface area (Å²) in [6, 6.07) is 11.6. The van der Waals surface area contributed by atoms with Crippen molar-refractivity contribution >= 4 is 11.3 Å². The molecule has 1 aliphatic carbocycles. The first kappa shape index (κ1) is 12.3. The van der Waals surface area contributed by atoms with Crippen LogP contribution in [0.25, 0.3) is 10.4 Å². The van der Waals surface area contributed by atoms with E-state index in [4.69, 9.17) is 5.26 Å². The van der Waals surface area contributed by atoms with Crippen LogP contribution in [0.2, 0.25) is 0 Å². The number of hydrogen-bond acceptors (Lipinski definition) is 3. The van der Waals surface area contributed by atoms with Gasteiger partial charge in [-0.05, 0) is 36.6 Å². The Bertz CT molecular complexity index is 638. The van der Waals surface area contributed by atoms with Gasteiger partial charge in [-0.1, -0.05) is 12.1 Å². The van der Waals surface area contributed by atoms with Crippen molar-refractivity contribution in [2.24, 2.45) is 0 Å². The standard InChI is InChI=1S/C15H13FN2S/c16-14-7-10(15-6-5-13(8-17)19-15)1-2-11(14)9-18-12-3-4-12/h1-2,5-7,12,18H,3-4,9H2. The van der Waals surface area contributed by atoms with Crippen molar-refractivity contribution in [3.8, 4) is 16.5 Å². The minimum Gasteiger partial charge on any atom is -0.310 e. The molecule has 0 unspecified atom stereocenters. The van der Waals surface area contributed by atoms with Gasteiger partial charge in [0.2, 0.25) is 0 Å². The average Bonchev–Trinajstić information content (AvgIpc) is 3.12. The molecule has 1 aromatic carbocycles. The Morgan fingerprint density at radius 2 is 2.16 bits per heavy atom. The van der Waals surface area contributed by atoms with Gasteiger partial charge in [0.25, 0.3) is 0 Å². The second kappa shape index (κ2) is 5.12. The average molecular weight is 272 g/mol. The van der Waals surface area contributed by atoms with E-state index in [1.807, 2.05) is 18.2 Å². The molecule has 96 valence electrons. The van der Waals surface area contributed by atoms with Gasteiger partial charge in [0.15, 0.2) is 0 Å². The number of halogens is 1. The Kier molecular flexibility index (Phi) is 3.33. The van der Waals surface area contributed by atoms with Crippen molar-refractivity contribution in [3.63, 3.8) is 0 Å². The predicted octanol–water partition coefficient (Wildman–Crippen LogP) is 3.68. The Morgan fingerprint density at radius 1 is 1.32 bits per heavy atom. The largest absolute Gasteiger partial charge is 0.310 e. The second-order valence-corrected chi connectivity index (χ2v) is 5.82. The summed E-state index contributed by atoms with van der Waals surface area (Å²) in [5, 5.41) is 12.1. The van der Waals surface area contributed by atoms with E-state index >= 15 is 0 Å². The summed E-state index contributed by atoms with van der Waals surface area (Å²) in [6.45, 7) is 0.588. The summed E-state index contributed by atoms with van der Waals surface area (Å²) < 4.78 is 14.0. The molecule has 1 fully saturated rings. The molecule has 1 aliphatic rings. The highest BCUT2D eigenvalue weighted by molar-refractivity contribution is 7.16. The quantitative estimate of drug-likeness (QED) is 0.921. The molecule has 0 saturated heterocycles. The first-order chi connectivity index (χ1) is 9.26. The van der Waals surface area contributed by atoms with Gasteiger partial charge in [0.05, 0.1) is 0 Å². The predicted molar refractivity (Wildman–Crippen MR) is 74.3 cm³/mol. The van der Waals surface area contributed by atoms with E-state index in [1.54, 1.807) is 12.1 Å². The highest BCUT2D eigenvalue weighted by Gasteiger charge is 2.20. The van der Waals surface area contributed by atoms with Crippen LogP contribution in [0.15, 0.2) is 30.3 Å². The molecule has 4 heteroatoms. The third-order valence-corrected chi connectivity index (χ3v) is 4.25. The van der Waals surface area contributed by atoms with Crippen LogP contribution in [0.5, 0.6) is 0 Å². The molecule has 1 aromatic heterocycles. The molecule has 1 saturated carbocycles. The lowest BCUT2D eigenvalue weighted by Gasteiger charge is -2.06. The van der Waals surface area contributed by atoms with Gasteiger partial charge in [-0.2, -0.15) is 5.26 Å². The molecule has 0 radical (unpaired) electrons. The summed E-state index contributed by atoms with van der Waals surface area (Å²) in [4.78, 5) is 1.58. The fraction of sp³-hybridized carbons (Fsp3) is 0.267. The summed E-state index contributed by atoms with van der Waals surface area (Å²) in [5.41, 5.74) is 1.53. The zero-order valence-corrected chi connectivity index (χ0v) is 11.1. The number of nitriles is 1. The smallest absolute Gasteiger partial charge is 0.128 e.